The van der Waals surface area contributed by atoms with Crippen LogP contribution in [0.15, 0.2) is 18.3 Å². The first-order valence-electron chi connectivity index (χ1n) is 6.06. The number of pyridine rings is 1. The molecule has 1 aromatic heterocycles. The largest absolute Gasteiger partial charge is 0.390 e. The second-order valence-electron chi connectivity index (χ2n) is 4.69. The molecule has 0 aliphatic heterocycles. The number of hydrogen-bond acceptors (Lipinski definition) is 3. The monoisotopic (exact) mass is 220 g/mol. The Bertz CT molecular complexity index is 334. The second kappa shape index (κ2) is 5.30. The molecule has 0 amide bonds. The molecule has 3 nitrogen and oxygen atoms in total. The van der Waals surface area contributed by atoms with Crippen molar-refractivity contribution in [3.05, 3.63) is 24.0 Å². The van der Waals surface area contributed by atoms with Gasteiger partial charge in [-0.05, 0) is 30.9 Å². The van der Waals surface area contributed by atoms with Gasteiger partial charge in [-0.15, -0.1) is 0 Å². The van der Waals surface area contributed by atoms with Crippen LogP contribution in [0.2, 0.25) is 0 Å². The number of aromatic nitrogens is 1. The topological polar surface area (TPSA) is 36.4 Å². The third kappa shape index (κ3) is 2.73. The summed E-state index contributed by atoms with van der Waals surface area (Å²) in [6.07, 6.45) is 7.27. The van der Waals surface area contributed by atoms with Crippen LogP contribution in [-0.4, -0.2) is 23.7 Å². The van der Waals surface area contributed by atoms with Crippen LogP contribution in [0.25, 0.3) is 0 Å². The van der Waals surface area contributed by atoms with Crippen molar-refractivity contribution in [2.45, 2.75) is 32.3 Å². The molecule has 0 radical (unpaired) electrons. The summed E-state index contributed by atoms with van der Waals surface area (Å²) in [7, 11) is 2.12. The Kier molecular flexibility index (Phi) is 3.78. The summed E-state index contributed by atoms with van der Waals surface area (Å²) < 4.78 is 0. The van der Waals surface area contributed by atoms with Crippen LogP contribution in [0.3, 0.4) is 0 Å². The van der Waals surface area contributed by atoms with Crippen molar-refractivity contribution in [2.75, 3.05) is 18.5 Å². The lowest BCUT2D eigenvalue weighted by Gasteiger charge is -2.23. The van der Waals surface area contributed by atoms with Gasteiger partial charge in [0.05, 0.1) is 12.3 Å². The lowest BCUT2D eigenvalue weighted by molar-refractivity contribution is 0.277. The molecule has 0 saturated heterocycles. The minimum Gasteiger partial charge on any atom is -0.390 e. The molecule has 0 bridgehead atoms. The molecule has 2 rings (SSSR count). The smallest absolute Gasteiger partial charge is 0.0853 e. The molecule has 0 atom stereocenters. The van der Waals surface area contributed by atoms with E-state index in [1.807, 2.05) is 12.1 Å². The Hall–Kier alpha value is -1.09. The molecule has 1 fully saturated rings. The van der Waals surface area contributed by atoms with Gasteiger partial charge >= 0.3 is 0 Å². The minimum absolute atomic E-state index is 0.0190. The van der Waals surface area contributed by atoms with Gasteiger partial charge in [-0.1, -0.05) is 12.8 Å². The first-order valence-corrected chi connectivity index (χ1v) is 6.06. The standard InChI is InChI=1S/C13H20N2O/c1-15(9-11-4-2-3-5-11)13-6-7-14-12(8-13)10-16/h6-8,11,16H,2-5,9-10H2,1H3. The number of anilines is 1. The number of aliphatic hydroxyl groups is 1. The molecule has 0 spiro atoms. The van der Waals surface area contributed by atoms with E-state index in [-0.39, 0.29) is 6.61 Å². The highest BCUT2D eigenvalue weighted by atomic mass is 16.3. The summed E-state index contributed by atoms with van der Waals surface area (Å²) in [5.41, 5.74) is 1.90. The molecule has 0 unspecified atom stereocenters. The Morgan fingerprint density at radius 1 is 1.44 bits per heavy atom. The van der Waals surface area contributed by atoms with Crippen molar-refractivity contribution in [3.63, 3.8) is 0 Å². The zero-order chi connectivity index (χ0) is 11.4. The molecule has 16 heavy (non-hydrogen) atoms. The average Bonchev–Trinajstić information content (AvgIpc) is 2.82. The second-order valence-corrected chi connectivity index (χ2v) is 4.69. The van der Waals surface area contributed by atoms with Gasteiger partial charge in [0.25, 0.3) is 0 Å². The van der Waals surface area contributed by atoms with Gasteiger partial charge in [-0.3, -0.25) is 4.98 Å². The Balaban J connectivity index is 1.98. The third-order valence-corrected chi connectivity index (χ3v) is 3.41. The van der Waals surface area contributed by atoms with E-state index in [1.165, 1.54) is 25.7 Å². The van der Waals surface area contributed by atoms with E-state index in [9.17, 15) is 0 Å². The summed E-state index contributed by atoms with van der Waals surface area (Å²) in [6.45, 7) is 1.14. The molecular weight excluding hydrogens is 200 g/mol. The highest BCUT2D eigenvalue weighted by Gasteiger charge is 2.17. The zero-order valence-corrected chi connectivity index (χ0v) is 9.89. The molecule has 3 heteroatoms. The first kappa shape index (κ1) is 11.4. The van der Waals surface area contributed by atoms with Crippen LogP contribution >= 0.6 is 0 Å². The van der Waals surface area contributed by atoms with Crippen molar-refractivity contribution in [2.24, 2.45) is 5.92 Å². The van der Waals surface area contributed by atoms with Gasteiger partial charge in [-0.25, -0.2) is 0 Å². The maximum Gasteiger partial charge on any atom is 0.0853 e. The fourth-order valence-corrected chi connectivity index (χ4v) is 2.48. The van der Waals surface area contributed by atoms with E-state index in [4.69, 9.17) is 5.11 Å². The summed E-state index contributed by atoms with van der Waals surface area (Å²) >= 11 is 0. The van der Waals surface area contributed by atoms with Gasteiger partial charge < -0.3 is 10.0 Å². The number of hydrogen-bond donors (Lipinski definition) is 1. The first-order chi connectivity index (χ1) is 7.79. The molecule has 1 aliphatic rings. The number of rotatable bonds is 4. The maximum absolute atomic E-state index is 9.05. The third-order valence-electron chi connectivity index (χ3n) is 3.41. The van der Waals surface area contributed by atoms with Crippen molar-refractivity contribution in [3.8, 4) is 0 Å². The normalized spacial score (nSPS) is 16.6. The van der Waals surface area contributed by atoms with Crippen molar-refractivity contribution in [1.82, 2.24) is 4.98 Å². The Labute approximate surface area is 97.1 Å². The fraction of sp³-hybridized carbons (Fsp3) is 0.615. The summed E-state index contributed by atoms with van der Waals surface area (Å²) in [6, 6.07) is 3.98. The molecular formula is C13H20N2O. The van der Waals surface area contributed by atoms with E-state index < -0.39 is 0 Å². The Morgan fingerprint density at radius 2 is 2.19 bits per heavy atom. The van der Waals surface area contributed by atoms with E-state index in [0.717, 1.165) is 23.8 Å². The van der Waals surface area contributed by atoms with Crippen molar-refractivity contribution >= 4 is 5.69 Å². The summed E-state index contributed by atoms with van der Waals surface area (Å²) in [4.78, 5) is 6.37. The van der Waals surface area contributed by atoms with Crippen molar-refractivity contribution < 1.29 is 5.11 Å². The fourth-order valence-electron chi connectivity index (χ4n) is 2.48. The Morgan fingerprint density at radius 3 is 2.88 bits per heavy atom. The van der Waals surface area contributed by atoms with Crippen LogP contribution in [0, 0.1) is 5.92 Å². The molecule has 1 aromatic rings. The van der Waals surface area contributed by atoms with E-state index >= 15 is 0 Å². The average molecular weight is 220 g/mol. The van der Waals surface area contributed by atoms with E-state index in [0.29, 0.717) is 0 Å². The van der Waals surface area contributed by atoms with Gasteiger partial charge in [0.2, 0.25) is 0 Å². The van der Waals surface area contributed by atoms with Crippen LogP contribution in [-0.2, 0) is 6.61 Å². The van der Waals surface area contributed by atoms with Crippen molar-refractivity contribution in [1.29, 1.82) is 0 Å². The van der Waals surface area contributed by atoms with Gasteiger partial charge in [0.1, 0.15) is 0 Å². The highest BCUT2D eigenvalue weighted by molar-refractivity contribution is 5.45. The molecule has 0 aromatic carbocycles. The molecule has 88 valence electrons. The zero-order valence-electron chi connectivity index (χ0n) is 9.89. The van der Waals surface area contributed by atoms with Gasteiger partial charge in [0.15, 0.2) is 0 Å². The minimum atomic E-state index is 0.0190. The van der Waals surface area contributed by atoms with Crippen LogP contribution in [0.1, 0.15) is 31.4 Å². The summed E-state index contributed by atoms with van der Waals surface area (Å²) in [5, 5.41) is 9.05. The number of aliphatic hydroxyl groups excluding tert-OH is 1. The van der Waals surface area contributed by atoms with Gasteiger partial charge in [-0.2, -0.15) is 0 Å². The molecule has 1 aliphatic carbocycles. The predicted molar refractivity (Wildman–Crippen MR) is 65.4 cm³/mol. The number of nitrogens with zero attached hydrogens (tertiary/aromatic N) is 2. The quantitative estimate of drug-likeness (QED) is 0.845. The maximum atomic E-state index is 9.05. The molecule has 1 saturated carbocycles. The lowest BCUT2D eigenvalue weighted by atomic mass is 10.1. The predicted octanol–water partition coefficient (Wildman–Crippen LogP) is 2.20. The summed E-state index contributed by atoms with van der Waals surface area (Å²) in [5.74, 6) is 0.843. The highest BCUT2D eigenvalue weighted by Crippen LogP contribution is 2.26. The molecule has 1 N–H and O–H groups in total. The molecule has 1 heterocycles. The van der Waals surface area contributed by atoms with Crippen LogP contribution in [0.4, 0.5) is 5.69 Å². The van der Waals surface area contributed by atoms with E-state index in [1.54, 1.807) is 6.20 Å². The van der Waals surface area contributed by atoms with Crippen LogP contribution < -0.4 is 4.90 Å². The van der Waals surface area contributed by atoms with Crippen LogP contribution in [0.5, 0.6) is 0 Å². The van der Waals surface area contributed by atoms with E-state index in [2.05, 4.69) is 16.9 Å². The van der Waals surface area contributed by atoms with Gasteiger partial charge in [0, 0.05) is 25.5 Å². The lowest BCUT2D eigenvalue weighted by Crippen LogP contribution is -2.24. The SMILES string of the molecule is CN(CC1CCCC1)c1ccnc(CO)c1.